The lowest BCUT2D eigenvalue weighted by Gasteiger charge is -2.13. The molecule has 0 spiro atoms. The monoisotopic (exact) mass is 366 g/mol. The van der Waals surface area contributed by atoms with Crippen molar-refractivity contribution in [1.82, 2.24) is 9.80 Å². The van der Waals surface area contributed by atoms with Gasteiger partial charge >= 0.3 is 12.0 Å². The summed E-state index contributed by atoms with van der Waals surface area (Å²) in [5.74, 6) is -0.566. The number of nitrogens with zero attached hydrogens (tertiary/aromatic N) is 2. The van der Waals surface area contributed by atoms with Crippen LogP contribution in [0, 0.1) is 0 Å². The number of esters is 1. The number of urea groups is 1. The summed E-state index contributed by atoms with van der Waals surface area (Å²) in [7, 11) is 1.58. The number of carbonyl (C=O) groups is 3. The minimum Gasteiger partial charge on any atom is -0.461 e. The maximum Gasteiger partial charge on any atom is 0.326 e. The molecule has 0 unspecified atom stereocenters. The molecule has 1 fully saturated rings. The van der Waals surface area contributed by atoms with Crippen molar-refractivity contribution < 1.29 is 19.1 Å². The molecule has 0 atom stereocenters. The van der Waals surface area contributed by atoms with E-state index in [4.69, 9.17) is 4.74 Å². The van der Waals surface area contributed by atoms with Gasteiger partial charge in [-0.3, -0.25) is 14.5 Å². The van der Waals surface area contributed by atoms with Crippen molar-refractivity contribution in [1.29, 1.82) is 0 Å². The summed E-state index contributed by atoms with van der Waals surface area (Å²) in [4.78, 5) is 37.8. The summed E-state index contributed by atoms with van der Waals surface area (Å²) in [6.07, 6.45) is 0.569. The highest BCUT2D eigenvalue weighted by Crippen LogP contribution is 2.19. The summed E-state index contributed by atoms with van der Waals surface area (Å²) in [5, 5.41) is 0. The van der Waals surface area contributed by atoms with E-state index in [1.165, 1.54) is 9.80 Å². The molecule has 2 aromatic rings. The Balaban J connectivity index is 1.41. The molecule has 0 aromatic heterocycles. The number of rotatable bonds is 7. The van der Waals surface area contributed by atoms with Gasteiger partial charge in [0.15, 0.2) is 0 Å². The van der Waals surface area contributed by atoms with Gasteiger partial charge in [-0.2, -0.15) is 0 Å². The second-order valence-corrected chi connectivity index (χ2v) is 6.51. The predicted molar refractivity (Wildman–Crippen MR) is 101 cm³/mol. The van der Waals surface area contributed by atoms with Crippen molar-refractivity contribution >= 4 is 17.9 Å². The van der Waals surface area contributed by atoms with Gasteiger partial charge in [0.2, 0.25) is 5.91 Å². The average molecular weight is 366 g/mol. The van der Waals surface area contributed by atoms with Crippen molar-refractivity contribution in [3.63, 3.8) is 0 Å². The fourth-order valence-corrected chi connectivity index (χ4v) is 2.93. The number of imide groups is 1. The Morgan fingerprint density at radius 2 is 1.67 bits per heavy atom. The highest BCUT2D eigenvalue weighted by molar-refractivity contribution is 6.01. The second kappa shape index (κ2) is 8.49. The largest absolute Gasteiger partial charge is 0.461 e. The fourth-order valence-electron chi connectivity index (χ4n) is 2.93. The molecule has 3 rings (SSSR count). The van der Waals surface area contributed by atoms with Crippen LogP contribution in [-0.4, -0.2) is 47.8 Å². The average Bonchev–Trinajstić information content (AvgIpc) is 2.93. The molecule has 1 aliphatic heterocycles. The van der Waals surface area contributed by atoms with Gasteiger partial charge in [-0.15, -0.1) is 0 Å². The molecule has 0 aliphatic carbocycles. The summed E-state index contributed by atoms with van der Waals surface area (Å²) < 4.78 is 5.28. The van der Waals surface area contributed by atoms with Crippen LogP contribution < -0.4 is 0 Å². The van der Waals surface area contributed by atoms with Gasteiger partial charge in [0.05, 0.1) is 0 Å². The van der Waals surface area contributed by atoms with Crippen LogP contribution in [0.15, 0.2) is 54.6 Å². The first-order valence-electron chi connectivity index (χ1n) is 8.90. The number of hydrogen-bond acceptors (Lipinski definition) is 4. The van der Waals surface area contributed by atoms with E-state index in [-0.39, 0.29) is 44.0 Å². The van der Waals surface area contributed by atoms with Crippen LogP contribution in [0.3, 0.4) is 0 Å². The maximum absolute atomic E-state index is 11.9. The number of ether oxygens (including phenoxy) is 1. The molecule has 0 bridgehead atoms. The van der Waals surface area contributed by atoms with E-state index in [0.29, 0.717) is 6.42 Å². The molecule has 6 nitrogen and oxygen atoms in total. The van der Waals surface area contributed by atoms with Gasteiger partial charge in [0.25, 0.3) is 0 Å². The van der Waals surface area contributed by atoms with Crippen LogP contribution in [0.5, 0.6) is 0 Å². The molecule has 1 heterocycles. The highest BCUT2D eigenvalue weighted by atomic mass is 16.5. The van der Waals surface area contributed by atoms with E-state index in [2.05, 4.69) is 0 Å². The number of benzene rings is 2. The third-order valence-electron chi connectivity index (χ3n) is 4.45. The van der Waals surface area contributed by atoms with Crippen LogP contribution in [0.2, 0.25) is 0 Å². The number of hydrogen-bond donors (Lipinski definition) is 0. The zero-order valence-electron chi connectivity index (χ0n) is 15.3. The van der Waals surface area contributed by atoms with Crippen LogP contribution in [0.1, 0.15) is 18.4 Å². The van der Waals surface area contributed by atoms with Gasteiger partial charge < -0.3 is 9.64 Å². The quantitative estimate of drug-likeness (QED) is 0.558. The molecule has 140 valence electrons. The molecule has 0 saturated carbocycles. The summed E-state index contributed by atoms with van der Waals surface area (Å²) in [6.45, 7) is 0.545. The van der Waals surface area contributed by atoms with Crippen LogP contribution in [-0.2, 0) is 20.9 Å². The van der Waals surface area contributed by atoms with Crippen LogP contribution in [0.25, 0.3) is 11.1 Å². The van der Waals surface area contributed by atoms with Crippen LogP contribution >= 0.6 is 0 Å². The molecule has 1 aliphatic rings. The zero-order valence-corrected chi connectivity index (χ0v) is 15.3. The predicted octanol–water partition coefficient (Wildman–Crippen LogP) is 3.07. The Morgan fingerprint density at radius 3 is 2.30 bits per heavy atom. The van der Waals surface area contributed by atoms with Crippen molar-refractivity contribution in [3.8, 4) is 11.1 Å². The van der Waals surface area contributed by atoms with Crippen molar-refractivity contribution in [2.24, 2.45) is 0 Å². The van der Waals surface area contributed by atoms with E-state index >= 15 is 0 Å². The Hall–Kier alpha value is -3.15. The van der Waals surface area contributed by atoms with Gasteiger partial charge in [-0.05, 0) is 23.1 Å². The molecule has 0 N–H and O–H groups in total. The lowest BCUT2D eigenvalue weighted by molar-refractivity contribution is -0.145. The summed E-state index contributed by atoms with van der Waals surface area (Å²) >= 11 is 0. The lowest BCUT2D eigenvalue weighted by Crippen LogP contribution is -2.32. The van der Waals surface area contributed by atoms with Crippen molar-refractivity contribution in [2.75, 3.05) is 20.1 Å². The molecule has 3 amide bonds. The first-order valence-corrected chi connectivity index (χ1v) is 8.90. The maximum atomic E-state index is 11.9. The van der Waals surface area contributed by atoms with Gasteiger partial charge in [-0.25, -0.2) is 4.79 Å². The first kappa shape index (κ1) is 18.6. The number of amides is 3. The molecule has 2 aromatic carbocycles. The SMILES string of the molecule is CN1CC(=O)N(CCCC(=O)OCc2ccc(-c3ccccc3)cc2)C1=O. The van der Waals surface area contributed by atoms with E-state index in [0.717, 1.165) is 16.7 Å². The molecule has 0 radical (unpaired) electrons. The van der Waals surface area contributed by atoms with E-state index < -0.39 is 0 Å². The van der Waals surface area contributed by atoms with E-state index in [1.807, 2.05) is 54.6 Å². The molecule has 27 heavy (non-hydrogen) atoms. The Bertz CT molecular complexity index is 818. The van der Waals surface area contributed by atoms with Crippen molar-refractivity contribution in [2.45, 2.75) is 19.4 Å². The highest BCUT2D eigenvalue weighted by Gasteiger charge is 2.32. The van der Waals surface area contributed by atoms with Crippen LogP contribution in [0.4, 0.5) is 4.79 Å². The van der Waals surface area contributed by atoms with Gasteiger partial charge in [0.1, 0.15) is 13.2 Å². The van der Waals surface area contributed by atoms with Gasteiger partial charge in [0, 0.05) is 20.0 Å². The summed E-state index contributed by atoms with van der Waals surface area (Å²) in [5.41, 5.74) is 3.16. The number of carbonyl (C=O) groups excluding carboxylic acids is 3. The fraction of sp³-hybridized carbons (Fsp3) is 0.286. The third-order valence-corrected chi connectivity index (χ3v) is 4.45. The Morgan fingerprint density at radius 1 is 1.00 bits per heavy atom. The molecule has 1 saturated heterocycles. The normalized spacial score (nSPS) is 14.0. The second-order valence-electron chi connectivity index (χ2n) is 6.51. The molecular formula is C21H22N2O4. The Labute approximate surface area is 158 Å². The van der Waals surface area contributed by atoms with E-state index in [1.54, 1.807) is 7.05 Å². The van der Waals surface area contributed by atoms with E-state index in [9.17, 15) is 14.4 Å². The molecule has 6 heteroatoms. The Kier molecular flexibility index (Phi) is 5.86. The third kappa shape index (κ3) is 4.73. The number of likely N-dealkylation sites (N-methyl/N-ethyl adjacent to an activating group) is 1. The standard InChI is InChI=1S/C21H22N2O4/c1-22-14-19(24)23(21(22)26)13-5-8-20(25)27-15-16-9-11-18(12-10-16)17-6-3-2-4-7-17/h2-4,6-7,9-12H,5,8,13-15H2,1H3. The zero-order chi connectivity index (χ0) is 19.2. The topological polar surface area (TPSA) is 66.9 Å². The minimum absolute atomic E-state index is 0.0995. The minimum atomic E-state index is -0.338. The molecular weight excluding hydrogens is 344 g/mol. The summed E-state index contributed by atoms with van der Waals surface area (Å²) in [6, 6.07) is 17.6. The lowest BCUT2D eigenvalue weighted by atomic mass is 10.0. The van der Waals surface area contributed by atoms with Crippen molar-refractivity contribution in [3.05, 3.63) is 60.2 Å². The smallest absolute Gasteiger partial charge is 0.326 e. The first-order chi connectivity index (χ1) is 13.0. The van der Waals surface area contributed by atoms with Gasteiger partial charge in [-0.1, -0.05) is 54.6 Å².